The number of hydrogen-bond acceptors (Lipinski definition) is 2. The first kappa shape index (κ1) is 18.2. The summed E-state index contributed by atoms with van der Waals surface area (Å²) in [4.78, 5) is 0.538. The maximum atomic E-state index is 13.2. The first-order chi connectivity index (χ1) is 12.0. The molecule has 0 fully saturated rings. The van der Waals surface area contributed by atoms with Gasteiger partial charge in [0.15, 0.2) is 9.84 Å². The zero-order valence-electron chi connectivity index (χ0n) is 15.2. The van der Waals surface area contributed by atoms with E-state index in [0.29, 0.717) is 4.90 Å². The van der Waals surface area contributed by atoms with Crippen molar-refractivity contribution in [3.63, 3.8) is 0 Å². The molecule has 0 amide bonds. The lowest BCUT2D eigenvalue weighted by Crippen LogP contribution is -2.29. The van der Waals surface area contributed by atoms with Crippen molar-refractivity contribution in [3.05, 3.63) is 65.7 Å². The molecule has 25 heavy (non-hydrogen) atoms. The lowest BCUT2D eigenvalue weighted by Gasteiger charge is -2.34. The second-order valence-electron chi connectivity index (χ2n) is 7.42. The SMILES string of the molecule is CCCC[C@]1(CC)CC(c2ccccc2)c2ccccc2S(=O)(=O)C1. The summed E-state index contributed by atoms with van der Waals surface area (Å²) in [7, 11) is -3.27. The van der Waals surface area contributed by atoms with Crippen LogP contribution in [0.25, 0.3) is 0 Å². The average molecular weight is 357 g/mol. The van der Waals surface area contributed by atoms with Crippen LogP contribution < -0.4 is 0 Å². The van der Waals surface area contributed by atoms with Crippen molar-refractivity contribution in [2.24, 2.45) is 5.41 Å². The molecule has 1 heterocycles. The fourth-order valence-electron chi connectivity index (χ4n) is 4.27. The van der Waals surface area contributed by atoms with Gasteiger partial charge >= 0.3 is 0 Å². The van der Waals surface area contributed by atoms with E-state index in [1.54, 1.807) is 6.07 Å². The van der Waals surface area contributed by atoms with Gasteiger partial charge in [0.2, 0.25) is 0 Å². The first-order valence-electron chi connectivity index (χ1n) is 9.38. The van der Waals surface area contributed by atoms with Gasteiger partial charge < -0.3 is 0 Å². The van der Waals surface area contributed by atoms with Crippen molar-refractivity contribution >= 4 is 9.84 Å². The minimum atomic E-state index is -3.27. The molecular weight excluding hydrogens is 328 g/mol. The number of sulfone groups is 1. The van der Waals surface area contributed by atoms with Crippen LogP contribution in [-0.2, 0) is 9.84 Å². The molecule has 134 valence electrons. The molecule has 2 aromatic carbocycles. The highest BCUT2D eigenvalue weighted by atomic mass is 32.2. The van der Waals surface area contributed by atoms with E-state index in [9.17, 15) is 8.42 Å². The summed E-state index contributed by atoms with van der Waals surface area (Å²) in [6.07, 6.45) is 4.98. The van der Waals surface area contributed by atoms with Gasteiger partial charge in [0.05, 0.1) is 10.6 Å². The molecule has 0 aliphatic carbocycles. The zero-order chi connectivity index (χ0) is 17.9. The van der Waals surface area contributed by atoms with Crippen molar-refractivity contribution in [2.75, 3.05) is 5.75 Å². The number of hydrogen-bond donors (Lipinski definition) is 0. The van der Waals surface area contributed by atoms with Crippen molar-refractivity contribution in [3.8, 4) is 0 Å². The average Bonchev–Trinajstić information content (AvgIpc) is 2.74. The topological polar surface area (TPSA) is 34.1 Å². The Labute approximate surface area is 152 Å². The highest BCUT2D eigenvalue weighted by Gasteiger charge is 2.41. The largest absolute Gasteiger partial charge is 0.224 e. The zero-order valence-corrected chi connectivity index (χ0v) is 16.1. The van der Waals surface area contributed by atoms with Crippen molar-refractivity contribution in [2.45, 2.75) is 56.8 Å². The molecule has 0 radical (unpaired) electrons. The van der Waals surface area contributed by atoms with E-state index in [4.69, 9.17) is 0 Å². The van der Waals surface area contributed by atoms with E-state index >= 15 is 0 Å². The van der Waals surface area contributed by atoms with Gasteiger partial charge in [-0.25, -0.2) is 8.42 Å². The van der Waals surface area contributed by atoms with Crippen molar-refractivity contribution in [1.29, 1.82) is 0 Å². The summed E-state index contributed by atoms with van der Waals surface area (Å²) in [5.74, 6) is 0.420. The maximum absolute atomic E-state index is 13.2. The third-order valence-electron chi connectivity index (χ3n) is 5.78. The van der Waals surface area contributed by atoms with Crippen LogP contribution in [0.3, 0.4) is 0 Å². The second-order valence-corrected chi connectivity index (χ2v) is 9.38. The van der Waals surface area contributed by atoms with Crippen LogP contribution in [0.5, 0.6) is 0 Å². The molecule has 2 aromatic rings. The van der Waals surface area contributed by atoms with Crippen LogP contribution >= 0.6 is 0 Å². The number of fused-ring (bicyclic) bond motifs is 1. The molecule has 0 saturated heterocycles. The van der Waals surface area contributed by atoms with E-state index in [1.165, 1.54) is 5.56 Å². The third kappa shape index (κ3) is 3.67. The molecule has 0 spiro atoms. The van der Waals surface area contributed by atoms with Gasteiger partial charge in [0, 0.05) is 5.92 Å². The minimum Gasteiger partial charge on any atom is -0.224 e. The van der Waals surface area contributed by atoms with E-state index in [2.05, 4.69) is 38.1 Å². The summed E-state index contributed by atoms with van der Waals surface area (Å²) in [5.41, 5.74) is 2.05. The summed E-state index contributed by atoms with van der Waals surface area (Å²) in [6.45, 7) is 4.33. The second kappa shape index (κ2) is 7.33. The molecule has 1 aliphatic heterocycles. The molecule has 0 N–H and O–H groups in total. The maximum Gasteiger partial charge on any atom is 0.179 e. The highest BCUT2D eigenvalue weighted by molar-refractivity contribution is 7.91. The Morgan fingerprint density at radius 1 is 1.00 bits per heavy atom. The Balaban J connectivity index is 2.17. The molecule has 3 heteroatoms. The van der Waals surface area contributed by atoms with E-state index in [1.807, 2.05) is 24.3 Å². The van der Waals surface area contributed by atoms with Crippen LogP contribution in [0.2, 0.25) is 0 Å². The van der Waals surface area contributed by atoms with Crippen LogP contribution in [0.15, 0.2) is 59.5 Å². The Kier molecular flexibility index (Phi) is 5.33. The van der Waals surface area contributed by atoms with Crippen LogP contribution in [0.1, 0.15) is 63.0 Å². The third-order valence-corrected chi connectivity index (χ3v) is 7.81. The van der Waals surface area contributed by atoms with Crippen LogP contribution in [0.4, 0.5) is 0 Å². The smallest absolute Gasteiger partial charge is 0.179 e. The summed E-state index contributed by atoms with van der Waals surface area (Å²) in [5, 5.41) is 0. The Bertz CT molecular complexity index is 811. The van der Waals surface area contributed by atoms with Crippen molar-refractivity contribution in [1.82, 2.24) is 0 Å². The van der Waals surface area contributed by atoms with E-state index in [0.717, 1.165) is 37.7 Å². The van der Waals surface area contributed by atoms with Crippen LogP contribution in [0, 0.1) is 5.41 Å². The predicted octanol–water partition coefficient (Wildman–Crippen LogP) is 5.58. The fourth-order valence-corrected chi connectivity index (χ4v) is 6.55. The molecule has 3 rings (SSSR count). The van der Waals surface area contributed by atoms with Gasteiger partial charge in [0.1, 0.15) is 0 Å². The standard InChI is InChI=1S/C22H28O2S/c1-3-5-15-22(4-2)16-20(18-11-7-6-8-12-18)19-13-9-10-14-21(19)25(23,24)17-22/h6-14,20H,3-5,15-17H2,1-2H3/t20?,22-/m1/s1. The number of rotatable bonds is 5. The summed E-state index contributed by atoms with van der Waals surface area (Å²) in [6, 6.07) is 18.0. The lowest BCUT2D eigenvalue weighted by molar-refractivity contribution is 0.247. The quantitative estimate of drug-likeness (QED) is 0.700. The monoisotopic (exact) mass is 356 g/mol. The van der Waals surface area contributed by atoms with Crippen molar-refractivity contribution < 1.29 is 8.42 Å². The molecule has 0 saturated carbocycles. The molecule has 1 unspecified atom stereocenters. The van der Waals surface area contributed by atoms with Gasteiger partial charge in [-0.1, -0.05) is 75.2 Å². The molecule has 0 bridgehead atoms. The Hall–Kier alpha value is -1.61. The highest BCUT2D eigenvalue weighted by Crippen LogP contribution is 2.48. The predicted molar refractivity (Wildman–Crippen MR) is 104 cm³/mol. The lowest BCUT2D eigenvalue weighted by atomic mass is 9.71. The number of benzene rings is 2. The van der Waals surface area contributed by atoms with Gasteiger partial charge in [-0.3, -0.25) is 0 Å². The first-order valence-corrected chi connectivity index (χ1v) is 11.0. The minimum absolute atomic E-state index is 0.144. The molecule has 1 aliphatic rings. The normalized spacial score (nSPS) is 25.1. The van der Waals surface area contributed by atoms with Gasteiger partial charge in [0.25, 0.3) is 0 Å². The summed E-state index contributed by atoms with van der Waals surface area (Å²) >= 11 is 0. The molecule has 2 atom stereocenters. The number of unbranched alkanes of at least 4 members (excludes halogenated alkanes) is 1. The molecule has 2 nitrogen and oxygen atoms in total. The van der Waals surface area contributed by atoms with E-state index < -0.39 is 9.84 Å². The van der Waals surface area contributed by atoms with Gasteiger partial charge in [-0.15, -0.1) is 0 Å². The van der Waals surface area contributed by atoms with Gasteiger partial charge in [-0.05, 0) is 41.9 Å². The van der Waals surface area contributed by atoms with Crippen LogP contribution in [-0.4, -0.2) is 14.2 Å². The molecular formula is C22H28O2S. The molecule has 0 aromatic heterocycles. The van der Waals surface area contributed by atoms with Gasteiger partial charge in [-0.2, -0.15) is 0 Å². The Morgan fingerprint density at radius 3 is 2.36 bits per heavy atom. The van der Waals surface area contributed by atoms with E-state index in [-0.39, 0.29) is 17.1 Å². The fraction of sp³-hybridized carbons (Fsp3) is 0.455. The summed E-state index contributed by atoms with van der Waals surface area (Å²) < 4.78 is 26.4. The Morgan fingerprint density at radius 2 is 1.68 bits per heavy atom.